The third-order valence-corrected chi connectivity index (χ3v) is 9.38. The van der Waals surface area contributed by atoms with Crippen LogP contribution in [0.1, 0.15) is 67.2 Å². The van der Waals surface area contributed by atoms with Crippen LogP contribution in [0.25, 0.3) is 0 Å². The number of Topliss-reactive ketones (excluding diaryl/α,β-unsaturated/α-hetero) is 1. The fourth-order valence-corrected chi connectivity index (χ4v) is 7.45. The number of carbonyl (C=O) groups excluding carboxylic acids is 4. The van der Waals surface area contributed by atoms with Crippen molar-refractivity contribution in [1.82, 2.24) is 4.90 Å². The summed E-state index contributed by atoms with van der Waals surface area (Å²) in [6.07, 6.45) is -1.87. The van der Waals surface area contributed by atoms with Crippen molar-refractivity contribution in [3.05, 3.63) is 12.7 Å². The number of esters is 3. The molecule has 11 nitrogen and oxygen atoms in total. The van der Waals surface area contributed by atoms with Gasteiger partial charge in [0.1, 0.15) is 11.7 Å². The van der Waals surface area contributed by atoms with E-state index in [0.29, 0.717) is 13.0 Å². The topological polar surface area (TPSA) is 149 Å². The summed E-state index contributed by atoms with van der Waals surface area (Å²) in [7, 11) is 3.60. The third kappa shape index (κ3) is 5.80. The Labute approximate surface area is 248 Å². The van der Waals surface area contributed by atoms with E-state index in [2.05, 4.69) is 6.58 Å². The van der Waals surface area contributed by atoms with Crippen LogP contribution in [-0.2, 0) is 38.1 Å². The van der Waals surface area contributed by atoms with E-state index >= 15 is 0 Å². The van der Waals surface area contributed by atoms with Gasteiger partial charge in [-0.25, -0.2) is 4.79 Å². The molecule has 2 saturated carbocycles. The van der Waals surface area contributed by atoms with Crippen LogP contribution in [-0.4, -0.2) is 101 Å². The minimum Gasteiger partial charge on any atom is -0.455 e. The van der Waals surface area contributed by atoms with E-state index in [1.807, 2.05) is 13.8 Å². The van der Waals surface area contributed by atoms with Gasteiger partial charge in [0.05, 0.1) is 18.1 Å². The van der Waals surface area contributed by atoms with Gasteiger partial charge in [0.2, 0.25) is 0 Å². The summed E-state index contributed by atoms with van der Waals surface area (Å²) in [5, 5.41) is 24.1. The molecule has 2 aliphatic carbocycles. The number of hydrogen-bond acceptors (Lipinski definition) is 11. The Hall–Kier alpha value is -2.05. The number of hydrogen-bond donors (Lipinski definition) is 2. The van der Waals surface area contributed by atoms with Gasteiger partial charge in [0.25, 0.3) is 0 Å². The van der Waals surface area contributed by atoms with Gasteiger partial charge in [-0.1, -0.05) is 26.8 Å². The van der Waals surface area contributed by atoms with Gasteiger partial charge < -0.3 is 34.1 Å². The van der Waals surface area contributed by atoms with E-state index < -0.39 is 82.2 Å². The number of fused-ring (bicyclic) bond motifs is 3. The Balaban J connectivity index is 0.00000588. The average molecular weight is 604 g/mol. The number of ether oxygens (including phenoxy) is 4. The Morgan fingerprint density at radius 2 is 1.73 bits per heavy atom. The molecule has 3 fully saturated rings. The van der Waals surface area contributed by atoms with E-state index in [1.165, 1.54) is 19.9 Å². The highest BCUT2D eigenvalue weighted by molar-refractivity contribution is 5.92. The summed E-state index contributed by atoms with van der Waals surface area (Å²) in [5.74, 6) is -3.69. The second-order valence-corrected chi connectivity index (χ2v) is 13.0. The minimum absolute atomic E-state index is 0. The molecule has 12 heteroatoms. The second-order valence-electron chi connectivity index (χ2n) is 13.0. The van der Waals surface area contributed by atoms with Crippen molar-refractivity contribution in [2.75, 3.05) is 27.2 Å². The van der Waals surface area contributed by atoms with Crippen molar-refractivity contribution in [1.29, 1.82) is 0 Å². The number of carbonyl (C=O) groups is 4. The molecule has 0 radical (unpaired) electrons. The lowest BCUT2D eigenvalue weighted by Gasteiger charge is -2.71. The number of rotatable bonds is 8. The van der Waals surface area contributed by atoms with Crippen LogP contribution in [0.4, 0.5) is 0 Å². The van der Waals surface area contributed by atoms with E-state index in [-0.39, 0.29) is 31.7 Å². The van der Waals surface area contributed by atoms with Gasteiger partial charge in [0.15, 0.2) is 24.1 Å². The molecule has 0 bridgehead atoms. The molecule has 1 aliphatic heterocycles. The predicted octanol–water partition coefficient (Wildman–Crippen LogP) is 1.99. The standard InChI is InChI=1S/C29H45NO10.ClH/c1-10-26(5)15-19(33)29(36)27(6)18(32)11-13-25(3,4)23(27)22(24(38-17(2)31)28(29,7)40-26)39-21(35)16-37-20(34)12-14-30(8)9;/h10,18,22-24,32,36H,1,11-16H2,2-9H3;1H/t18-,22-,23-,24-,26-,27-,28+,29-;/m0./s1. The zero-order valence-corrected chi connectivity index (χ0v) is 26.2. The molecule has 3 rings (SSSR count). The third-order valence-electron chi connectivity index (χ3n) is 9.38. The molecule has 0 aromatic rings. The van der Waals surface area contributed by atoms with Gasteiger partial charge in [-0.15, -0.1) is 19.0 Å². The molecule has 1 saturated heterocycles. The minimum atomic E-state index is -2.33. The van der Waals surface area contributed by atoms with Crippen LogP contribution >= 0.6 is 12.4 Å². The lowest BCUT2D eigenvalue weighted by molar-refractivity contribution is -0.371. The molecule has 0 spiro atoms. The quantitative estimate of drug-likeness (QED) is 0.238. The zero-order valence-electron chi connectivity index (χ0n) is 25.4. The Bertz CT molecular complexity index is 1060. The predicted molar refractivity (Wildman–Crippen MR) is 150 cm³/mol. The largest absolute Gasteiger partial charge is 0.455 e. The summed E-state index contributed by atoms with van der Waals surface area (Å²) in [5.41, 5.74) is -7.80. The molecular weight excluding hydrogens is 558 g/mol. The molecule has 3 aliphatic rings. The van der Waals surface area contributed by atoms with E-state index in [4.69, 9.17) is 18.9 Å². The Kier molecular flexibility index (Phi) is 10.2. The molecule has 0 unspecified atom stereocenters. The fourth-order valence-electron chi connectivity index (χ4n) is 7.45. The van der Waals surface area contributed by atoms with Crippen LogP contribution in [0.5, 0.6) is 0 Å². The number of aliphatic hydroxyl groups excluding tert-OH is 1. The fraction of sp³-hybridized carbons (Fsp3) is 0.793. The molecule has 41 heavy (non-hydrogen) atoms. The zero-order chi connectivity index (χ0) is 30.5. The van der Waals surface area contributed by atoms with Crippen molar-refractivity contribution in [2.45, 2.75) is 102 Å². The molecule has 8 atom stereocenters. The maximum Gasteiger partial charge on any atom is 0.344 e. The van der Waals surface area contributed by atoms with Crippen molar-refractivity contribution in [3.8, 4) is 0 Å². The van der Waals surface area contributed by atoms with Crippen LogP contribution in [0, 0.1) is 16.7 Å². The smallest absolute Gasteiger partial charge is 0.344 e. The molecular formula is C29H46ClNO10. The molecule has 1 heterocycles. The van der Waals surface area contributed by atoms with Gasteiger partial charge >= 0.3 is 17.9 Å². The summed E-state index contributed by atoms with van der Waals surface area (Å²) in [4.78, 5) is 53.5. The molecule has 0 amide bonds. The van der Waals surface area contributed by atoms with E-state index in [0.717, 1.165) is 0 Å². The summed E-state index contributed by atoms with van der Waals surface area (Å²) >= 11 is 0. The molecule has 234 valence electrons. The number of halogens is 1. The summed E-state index contributed by atoms with van der Waals surface area (Å²) in [6, 6.07) is 0. The number of ketones is 1. The highest BCUT2D eigenvalue weighted by Crippen LogP contribution is 2.67. The van der Waals surface area contributed by atoms with Crippen LogP contribution in [0.2, 0.25) is 0 Å². The van der Waals surface area contributed by atoms with Gasteiger partial charge in [-0.2, -0.15) is 0 Å². The van der Waals surface area contributed by atoms with Crippen LogP contribution in [0.15, 0.2) is 12.7 Å². The first-order chi connectivity index (χ1) is 18.3. The van der Waals surface area contributed by atoms with E-state index in [9.17, 15) is 29.4 Å². The van der Waals surface area contributed by atoms with E-state index in [1.54, 1.807) is 32.8 Å². The van der Waals surface area contributed by atoms with Crippen molar-refractivity contribution >= 4 is 36.1 Å². The normalized spacial score (nSPS) is 39.4. The van der Waals surface area contributed by atoms with Crippen molar-refractivity contribution in [3.63, 3.8) is 0 Å². The summed E-state index contributed by atoms with van der Waals surface area (Å²) in [6.45, 7) is 13.1. The molecule has 2 N–H and O–H groups in total. The highest BCUT2D eigenvalue weighted by atomic mass is 35.5. The van der Waals surface area contributed by atoms with Crippen molar-refractivity contribution in [2.24, 2.45) is 16.7 Å². The van der Waals surface area contributed by atoms with Crippen molar-refractivity contribution < 1.29 is 48.3 Å². The van der Waals surface area contributed by atoms with Gasteiger partial charge in [-0.3, -0.25) is 14.4 Å². The van der Waals surface area contributed by atoms with Crippen LogP contribution < -0.4 is 0 Å². The maximum absolute atomic E-state index is 14.0. The van der Waals surface area contributed by atoms with Crippen LogP contribution in [0.3, 0.4) is 0 Å². The van der Waals surface area contributed by atoms with Gasteiger partial charge in [0, 0.05) is 31.2 Å². The Morgan fingerprint density at radius 1 is 1.12 bits per heavy atom. The SMILES string of the molecule is C=C[C@@]1(C)CC(=O)[C@]2(O)[C@@]3(C)[C@@H](O)CCC(C)(C)[C@@H]3[C@H](OC(=O)COC(=O)CCN(C)C)[C@H](OC(C)=O)[C@@]2(C)O1.Cl. The highest BCUT2D eigenvalue weighted by Gasteiger charge is 2.82. The molecule has 0 aromatic carbocycles. The Morgan fingerprint density at radius 3 is 2.27 bits per heavy atom. The number of nitrogens with zero attached hydrogens (tertiary/aromatic N) is 1. The lowest BCUT2D eigenvalue weighted by Crippen LogP contribution is -2.87. The first-order valence-corrected chi connectivity index (χ1v) is 13.7. The average Bonchev–Trinajstić information content (AvgIpc) is 2.84. The second kappa shape index (κ2) is 11.9. The lowest BCUT2D eigenvalue weighted by atomic mass is 9.39. The summed E-state index contributed by atoms with van der Waals surface area (Å²) < 4.78 is 23.3. The monoisotopic (exact) mass is 603 g/mol. The first-order valence-electron chi connectivity index (χ1n) is 13.7. The van der Waals surface area contributed by atoms with Gasteiger partial charge in [-0.05, 0) is 46.2 Å². The number of aliphatic hydroxyl groups is 2. The molecule has 0 aromatic heterocycles. The maximum atomic E-state index is 14.0. The first kappa shape index (κ1) is 35.1.